The summed E-state index contributed by atoms with van der Waals surface area (Å²) in [6.45, 7) is 1.93. The predicted molar refractivity (Wildman–Crippen MR) is 92.4 cm³/mol. The molecule has 0 unspecified atom stereocenters. The van der Waals surface area contributed by atoms with Crippen LogP contribution in [-0.2, 0) is 10.5 Å². The Labute approximate surface area is 142 Å². The van der Waals surface area contributed by atoms with E-state index in [0.717, 1.165) is 6.07 Å². The number of para-hydroxylation sites is 1. The lowest BCUT2D eigenvalue weighted by molar-refractivity contribution is 0.0527. The maximum Gasteiger partial charge on any atom is 0.340 e. The molecule has 2 N–H and O–H groups in total. The summed E-state index contributed by atoms with van der Waals surface area (Å²) in [6.07, 6.45) is 1.86. The first-order valence-corrected chi connectivity index (χ1v) is 8.61. The zero-order chi connectivity index (χ0) is 17.5. The molecule has 0 atom stereocenters. The van der Waals surface area contributed by atoms with Crippen molar-refractivity contribution in [2.24, 2.45) is 0 Å². The molecule has 8 heteroatoms. The minimum Gasteiger partial charge on any atom is -0.462 e. The first-order valence-electron chi connectivity index (χ1n) is 7.21. The van der Waals surface area contributed by atoms with E-state index in [4.69, 9.17) is 4.74 Å². The summed E-state index contributed by atoms with van der Waals surface area (Å²) in [6, 6.07) is 7.61. The number of H-pyrrole nitrogens is 1. The van der Waals surface area contributed by atoms with Crippen molar-refractivity contribution in [3.63, 3.8) is 0 Å². The quantitative estimate of drug-likeness (QED) is 0.776. The van der Waals surface area contributed by atoms with Crippen molar-refractivity contribution in [2.45, 2.75) is 12.7 Å². The Hall–Kier alpha value is -2.61. The fourth-order valence-corrected chi connectivity index (χ4v) is 2.40. The van der Waals surface area contributed by atoms with Gasteiger partial charge in [-0.05, 0) is 25.3 Å². The summed E-state index contributed by atoms with van der Waals surface area (Å²) in [5, 5.41) is 2.60. The first kappa shape index (κ1) is 17.7. The Kier molecular flexibility index (Phi) is 6.14. The number of carbonyl (C=O) groups is 2. The molecule has 0 aliphatic heterocycles. The summed E-state index contributed by atoms with van der Waals surface area (Å²) in [5.74, 6) is -0.204. The molecule has 0 spiro atoms. The van der Waals surface area contributed by atoms with Crippen LogP contribution in [0.3, 0.4) is 0 Å². The van der Waals surface area contributed by atoms with Gasteiger partial charge in [-0.2, -0.15) is 11.8 Å². The number of benzene rings is 1. The third-order valence-electron chi connectivity index (χ3n) is 2.98. The third-order valence-corrected chi connectivity index (χ3v) is 3.54. The van der Waals surface area contributed by atoms with Crippen LogP contribution in [0.4, 0.5) is 5.69 Å². The molecule has 0 aliphatic carbocycles. The molecule has 24 heavy (non-hydrogen) atoms. The van der Waals surface area contributed by atoms with Gasteiger partial charge >= 0.3 is 5.97 Å². The van der Waals surface area contributed by atoms with E-state index >= 15 is 0 Å². The Morgan fingerprint density at radius 1 is 1.33 bits per heavy atom. The maximum atomic E-state index is 12.4. The number of aromatic amines is 1. The van der Waals surface area contributed by atoms with E-state index < -0.39 is 17.4 Å². The smallest absolute Gasteiger partial charge is 0.340 e. The summed E-state index contributed by atoms with van der Waals surface area (Å²) in [5.41, 5.74) is 0.121. The predicted octanol–water partition coefficient (Wildman–Crippen LogP) is 2.06. The monoisotopic (exact) mass is 347 g/mol. The van der Waals surface area contributed by atoms with Crippen LogP contribution in [0.1, 0.15) is 33.6 Å². The van der Waals surface area contributed by atoms with Crippen LogP contribution in [0.25, 0.3) is 0 Å². The number of hydrogen-bond acceptors (Lipinski definition) is 6. The topological polar surface area (TPSA) is 101 Å². The molecule has 0 radical (unpaired) electrons. The highest BCUT2D eigenvalue weighted by molar-refractivity contribution is 7.97. The zero-order valence-corrected chi connectivity index (χ0v) is 14.1. The summed E-state index contributed by atoms with van der Waals surface area (Å²) in [4.78, 5) is 42.6. The largest absolute Gasteiger partial charge is 0.462 e. The molecule has 2 aromatic rings. The first-order chi connectivity index (χ1) is 11.5. The van der Waals surface area contributed by atoms with Gasteiger partial charge in [0.2, 0.25) is 0 Å². The van der Waals surface area contributed by atoms with Crippen LogP contribution in [0, 0.1) is 0 Å². The van der Waals surface area contributed by atoms with E-state index in [1.807, 2.05) is 6.26 Å². The van der Waals surface area contributed by atoms with Crippen molar-refractivity contribution in [3.8, 4) is 0 Å². The minimum atomic E-state index is -0.569. The van der Waals surface area contributed by atoms with Crippen molar-refractivity contribution in [2.75, 3.05) is 18.2 Å². The van der Waals surface area contributed by atoms with E-state index in [1.54, 1.807) is 31.2 Å². The van der Waals surface area contributed by atoms with E-state index in [0.29, 0.717) is 17.3 Å². The Bertz CT molecular complexity index is 804. The number of anilines is 1. The maximum absolute atomic E-state index is 12.4. The van der Waals surface area contributed by atoms with Crippen molar-refractivity contribution < 1.29 is 14.3 Å². The summed E-state index contributed by atoms with van der Waals surface area (Å²) in [7, 11) is 0. The van der Waals surface area contributed by atoms with Gasteiger partial charge in [-0.25, -0.2) is 9.78 Å². The average Bonchev–Trinajstić information content (AvgIpc) is 2.55. The highest BCUT2D eigenvalue weighted by Gasteiger charge is 2.16. The van der Waals surface area contributed by atoms with Crippen LogP contribution in [0.5, 0.6) is 0 Å². The van der Waals surface area contributed by atoms with Crippen LogP contribution in [-0.4, -0.2) is 34.7 Å². The lowest BCUT2D eigenvalue weighted by Crippen LogP contribution is -2.21. The molecule has 1 aromatic carbocycles. The third kappa shape index (κ3) is 4.45. The molecular formula is C16H17N3O4S. The molecule has 0 fully saturated rings. The van der Waals surface area contributed by atoms with Gasteiger partial charge in [-0.15, -0.1) is 0 Å². The van der Waals surface area contributed by atoms with Crippen LogP contribution < -0.4 is 10.9 Å². The lowest BCUT2D eigenvalue weighted by Gasteiger charge is -2.10. The van der Waals surface area contributed by atoms with Gasteiger partial charge < -0.3 is 15.0 Å². The second kappa shape index (κ2) is 8.30. The number of aromatic nitrogens is 2. The fraction of sp³-hybridized carbons (Fsp3) is 0.250. The standard InChI is InChI=1S/C16H17N3O4S/c1-3-23-16(22)10-6-4-5-7-11(10)18-15(21)12-8-14(20)19-13(17-12)9-24-2/h4-8H,3,9H2,1-2H3,(H,18,21)(H,17,19,20). The van der Waals surface area contributed by atoms with Gasteiger partial charge in [0, 0.05) is 6.07 Å². The second-order valence-corrected chi connectivity index (χ2v) is 5.60. The van der Waals surface area contributed by atoms with Crippen molar-refractivity contribution in [3.05, 3.63) is 57.8 Å². The molecule has 0 bridgehead atoms. The molecule has 126 valence electrons. The molecule has 0 aliphatic rings. The van der Waals surface area contributed by atoms with Crippen LogP contribution in [0.2, 0.25) is 0 Å². The number of esters is 1. The number of carbonyl (C=O) groups excluding carboxylic acids is 2. The lowest BCUT2D eigenvalue weighted by atomic mass is 10.1. The summed E-state index contributed by atoms with van der Waals surface area (Å²) < 4.78 is 4.96. The molecule has 7 nitrogen and oxygen atoms in total. The summed E-state index contributed by atoms with van der Waals surface area (Å²) >= 11 is 1.47. The zero-order valence-electron chi connectivity index (χ0n) is 13.3. The Morgan fingerprint density at radius 2 is 2.08 bits per heavy atom. The van der Waals surface area contributed by atoms with Gasteiger partial charge in [0.1, 0.15) is 11.5 Å². The van der Waals surface area contributed by atoms with Gasteiger partial charge in [-0.1, -0.05) is 12.1 Å². The van der Waals surface area contributed by atoms with Crippen molar-refractivity contribution in [1.29, 1.82) is 0 Å². The van der Waals surface area contributed by atoms with Crippen LogP contribution in [0.15, 0.2) is 35.1 Å². The number of nitrogens with zero attached hydrogens (tertiary/aromatic N) is 1. The number of ether oxygens (including phenoxy) is 1. The molecule has 1 aromatic heterocycles. The number of thioether (sulfide) groups is 1. The molecule has 1 amide bonds. The SMILES string of the molecule is CCOC(=O)c1ccccc1NC(=O)c1cc(=O)[nH]c(CSC)n1. The fourth-order valence-electron chi connectivity index (χ4n) is 1.99. The average molecular weight is 347 g/mol. The minimum absolute atomic E-state index is 0.0125. The normalized spacial score (nSPS) is 10.2. The Balaban J connectivity index is 2.27. The highest BCUT2D eigenvalue weighted by atomic mass is 32.2. The van der Waals surface area contributed by atoms with E-state index in [2.05, 4.69) is 15.3 Å². The van der Waals surface area contributed by atoms with Crippen molar-refractivity contribution in [1.82, 2.24) is 9.97 Å². The van der Waals surface area contributed by atoms with Crippen LogP contribution >= 0.6 is 11.8 Å². The molecule has 2 rings (SSSR count). The molecule has 0 saturated heterocycles. The van der Waals surface area contributed by atoms with Gasteiger partial charge in [0.05, 0.1) is 23.6 Å². The van der Waals surface area contributed by atoms with Crippen molar-refractivity contribution >= 4 is 29.3 Å². The number of rotatable bonds is 6. The number of nitrogens with one attached hydrogen (secondary N) is 2. The van der Waals surface area contributed by atoms with E-state index in [-0.39, 0.29) is 17.9 Å². The highest BCUT2D eigenvalue weighted by Crippen LogP contribution is 2.17. The molecule has 1 heterocycles. The molecule has 0 saturated carbocycles. The van der Waals surface area contributed by atoms with Gasteiger partial charge in [0.15, 0.2) is 0 Å². The number of hydrogen-bond donors (Lipinski definition) is 2. The number of amides is 1. The van der Waals surface area contributed by atoms with Gasteiger partial charge in [0.25, 0.3) is 11.5 Å². The van der Waals surface area contributed by atoms with E-state index in [1.165, 1.54) is 11.8 Å². The Morgan fingerprint density at radius 3 is 2.79 bits per heavy atom. The second-order valence-electron chi connectivity index (χ2n) is 4.73. The van der Waals surface area contributed by atoms with E-state index in [9.17, 15) is 14.4 Å². The molecular weight excluding hydrogens is 330 g/mol. The van der Waals surface area contributed by atoms with Gasteiger partial charge in [-0.3, -0.25) is 9.59 Å².